The molecule has 0 radical (unpaired) electrons. The maximum absolute atomic E-state index is 12.3. The first-order valence-corrected chi connectivity index (χ1v) is 8.84. The molecule has 1 atom stereocenters. The highest BCUT2D eigenvalue weighted by Gasteiger charge is 2.14. The van der Waals surface area contributed by atoms with Gasteiger partial charge < -0.3 is 14.9 Å². The molecule has 3 aromatic carbocycles. The molecule has 5 heteroatoms. The van der Waals surface area contributed by atoms with Gasteiger partial charge >= 0.3 is 5.97 Å². The fourth-order valence-electron chi connectivity index (χ4n) is 2.74. The molecule has 0 aliphatic heterocycles. The first-order chi connectivity index (χ1) is 13.5. The number of aliphatic hydroxyl groups is 1. The van der Waals surface area contributed by atoms with Crippen LogP contribution in [0.25, 0.3) is 11.1 Å². The van der Waals surface area contributed by atoms with Crippen LogP contribution in [0.5, 0.6) is 5.75 Å². The van der Waals surface area contributed by atoms with Crippen LogP contribution in [0.4, 0.5) is 0 Å². The van der Waals surface area contributed by atoms with Crippen molar-refractivity contribution in [1.29, 1.82) is 0 Å². The summed E-state index contributed by atoms with van der Waals surface area (Å²) in [5.41, 5.74) is 3.29. The van der Waals surface area contributed by atoms with E-state index in [0.717, 1.165) is 11.1 Å². The van der Waals surface area contributed by atoms with Gasteiger partial charge in [0, 0.05) is 12.0 Å². The largest absolute Gasteiger partial charge is 0.485 e. The van der Waals surface area contributed by atoms with Crippen LogP contribution in [-0.4, -0.2) is 34.7 Å². The lowest BCUT2D eigenvalue weighted by molar-refractivity contribution is -0.146. The average molecular weight is 376 g/mol. The van der Waals surface area contributed by atoms with Crippen LogP contribution in [0.15, 0.2) is 78.9 Å². The summed E-state index contributed by atoms with van der Waals surface area (Å²) in [4.78, 5) is 23.0. The Balaban J connectivity index is 1.56. The van der Waals surface area contributed by atoms with Crippen molar-refractivity contribution in [2.24, 2.45) is 0 Å². The van der Waals surface area contributed by atoms with Crippen molar-refractivity contribution in [2.45, 2.75) is 12.5 Å². The number of carboxylic acid groups (broad SMARTS) is 1. The van der Waals surface area contributed by atoms with Gasteiger partial charge in [0.15, 0.2) is 18.5 Å². The number of Topliss-reactive ketones (excluding diaryl/α,β-unsaturated/α-hetero) is 1. The summed E-state index contributed by atoms with van der Waals surface area (Å²) < 4.78 is 5.57. The van der Waals surface area contributed by atoms with Gasteiger partial charge in [-0.15, -0.1) is 0 Å². The van der Waals surface area contributed by atoms with Gasteiger partial charge in [-0.05, 0) is 28.8 Å². The van der Waals surface area contributed by atoms with E-state index in [4.69, 9.17) is 9.84 Å². The second kappa shape index (κ2) is 8.97. The maximum Gasteiger partial charge on any atom is 0.332 e. The minimum atomic E-state index is -1.45. The Morgan fingerprint density at radius 1 is 0.821 bits per heavy atom. The van der Waals surface area contributed by atoms with Crippen LogP contribution >= 0.6 is 0 Å². The van der Waals surface area contributed by atoms with Crippen molar-refractivity contribution in [3.05, 3.63) is 90.0 Å². The zero-order valence-electron chi connectivity index (χ0n) is 15.1. The molecule has 3 aromatic rings. The molecule has 0 aromatic heterocycles. The highest BCUT2D eigenvalue weighted by molar-refractivity contribution is 5.97. The number of aliphatic hydroxyl groups excluding tert-OH is 1. The number of rotatable bonds is 8. The Morgan fingerprint density at radius 2 is 1.43 bits per heavy atom. The first-order valence-electron chi connectivity index (χ1n) is 8.84. The number of hydrogen-bond donors (Lipinski definition) is 2. The van der Waals surface area contributed by atoms with Gasteiger partial charge in [-0.2, -0.15) is 0 Å². The van der Waals surface area contributed by atoms with Crippen molar-refractivity contribution >= 4 is 11.8 Å². The molecule has 0 saturated heterocycles. The van der Waals surface area contributed by atoms with Crippen LogP contribution in [0.3, 0.4) is 0 Å². The molecule has 5 nitrogen and oxygen atoms in total. The Morgan fingerprint density at radius 3 is 2.04 bits per heavy atom. The van der Waals surface area contributed by atoms with Gasteiger partial charge in [0.05, 0.1) is 0 Å². The molecular weight excluding hydrogens is 356 g/mol. The molecular formula is C23H20O5. The van der Waals surface area contributed by atoms with E-state index in [0.29, 0.717) is 16.9 Å². The molecule has 0 fully saturated rings. The standard InChI is InChI=1S/C23H20O5/c24-21(23(26)27)14-16-6-8-19(9-7-16)22(25)15-28-20-12-10-18(11-13-20)17-4-2-1-3-5-17/h1-13,21,24H,14-15H2,(H,26,27). The molecule has 28 heavy (non-hydrogen) atoms. The molecule has 0 aliphatic carbocycles. The van der Waals surface area contributed by atoms with Gasteiger partial charge in [0.2, 0.25) is 0 Å². The predicted molar refractivity (Wildman–Crippen MR) is 105 cm³/mol. The highest BCUT2D eigenvalue weighted by atomic mass is 16.5. The summed E-state index contributed by atoms with van der Waals surface area (Å²) >= 11 is 0. The second-order valence-corrected chi connectivity index (χ2v) is 6.36. The Hall–Kier alpha value is -3.44. The lowest BCUT2D eigenvalue weighted by Gasteiger charge is -2.08. The quantitative estimate of drug-likeness (QED) is 0.587. The van der Waals surface area contributed by atoms with Crippen molar-refractivity contribution in [3.63, 3.8) is 0 Å². The summed E-state index contributed by atoms with van der Waals surface area (Å²) in [6.45, 7) is -0.0955. The van der Waals surface area contributed by atoms with E-state index < -0.39 is 12.1 Å². The van der Waals surface area contributed by atoms with Crippen molar-refractivity contribution in [2.75, 3.05) is 6.61 Å². The molecule has 0 aliphatic rings. The fraction of sp³-hybridized carbons (Fsp3) is 0.130. The number of ketones is 1. The summed E-state index contributed by atoms with van der Waals surface area (Å²) in [6.07, 6.45) is -1.46. The zero-order valence-corrected chi connectivity index (χ0v) is 15.1. The number of hydrogen-bond acceptors (Lipinski definition) is 4. The third kappa shape index (κ3) is 5.05. The molecule has 0 spiro atoms. The van der Waals surface area contributed by atoms with E-state index in [9.17, 15) is 14.7 Å². The molecule has 0 amide bonds. The summed E-state index contributed by atoms with van der Waals surface area (Å²) in [5.74, 6) is -0.849. The van der Waals surface area contributed by atoms with Gasteiger partial charge in [-0.1, -0.05) is 66.7 Å². The number of aliphatic carboxylic acids is 1. The fourth-order valence-corrected chi connectivity index (χ4v) is 2.74. The van der Waals surface area contributed by atoms with Crippen LogP contribution in [-0.2, 0) is 11.2 Å². The van der Waals surface area contributed by atoms with E-state index in [2.05, 4.69) is 0 Å². The molecule has 3 rings (SSSR count). The van der Waals surface area contributed by atoms with Crippen LogP contribution in [0.2, 0.25) is 0 Å². The Kier molecular flexibility index (Phi) is 6.19. The second-order valence-electron chi connectivity index (χ2n) is 6.36. The molecule has 0 saturated carbocycles. The topological polar surface area (TPSA) is 83.8 Å². The van der Waals surface area contributed by atoms with E-state index in [1.165, 1.54) is 0 Å². The number of carboxylic acids is 1. The lowest BCUT2D eigenvalue weighted by Crippen LogP contribution is -2.22. The van der Waals surface area contributed by atoms with E-state index in [1.54, 1.807) is 24.3 Å². The molecule has 2 N–H and O–H groups in total. The highest BCUT2D eigenvalue weighted by Crippen LogP contribution is 2.22. The van der Waals surface area contributed by atoms with Gasteiger partial charge in [0.25, 0.3) is 0 Å². The zero-order chi connectivity index (χ0) is 19.9. The lowest BCUT2D eigenvalue weighted by atomic mass is 10.0. The number of carbonyl (C=O) groups excluding carboxylic acids is 1. The van der Waals surface area contributed by atoms with Crippen LogP contribution < -0.4 is 4.74 Å². The first kappa shape index (κ1) is 19.3. The van der Waals surface area contributed by atoms with Crippen LogP contribution in [0, 0.1) is 0 Å². The number of carbonyl (C=O) groups is 2. The smallest absolute Gasteiger partial charge is 0.332 e. The summed E-state index contributed by atoms with van der Waals surface area (Å²) in [6, 6.07) is 24.0. The monoisotopic (exact) mass is 376 g/mol. The minimum absolute atomic E-state index is 0.00589. The van der Waals surface area contributed by atoms with E-state index in [1.807, 2.05) is 54.6 Å². The summed E-state index contributed by atoms with van der Waals surface area (Å²) in [7, 11) is 0. The maximum atomic E-state index is 12.3. The third-order valence-corrected chi connectivity index (χ3v) is 4.32. The minimum Gasteiger partial charge on any atom is -0.485 e. The normalized spacial score (nSPS) is 11.6. The summed E-state index contributed by atoms with van der Waals surface area (Å²) in [5, 5.41) is 18.1. The van der Waals surface area contributed by atoms with E-state index >= 15 is 0 Å². The van der Waals surface area contributed by atoms with Gasteiger partial charge in [-0.3, -0.25) is 4.79 Å². The van der Waals surface area contributed by atoms with Crippen molar-refractivity contribution in [1.82, 2.24) is 0 Å². The Bertz CT molecular complexity index is 931. The van der Waals surface area contributed by atoms with Crippen LogP contribution in [0.1, 0.15) is 15.9 Å². The predicted octanol–water partition coefficient (Wildman–Crippen LogP) is 3.60. The van der Waals surface area contributed by atoms with Crippen molar-refractivity contribution < 1.29 is 24.5 Å². The Labute approximate surface area is 162 Å². The molecule has 1 unspecified atom stereocenters. The molecule has 0 bridgehead atoms. The van der Waals surface area contributed by atoms with Crippen molar-refractivity contribution in [3.8, 4) is 16.9 Å². The van der Waals surface area contributed by atoms with Gasteiger partial charge in [-0.25, -0.2) is 4.79 Å². The average Bonchev–Trinajstić information content (AvgIpc) is 2.73. The third-order valence-electron chi connectivity index (χ3n) is 4.32. The number of benzene rings is 3. The van der Waals surface area contributed by atoms with Gasteiger partial charge in [0.1, 0.15) is 5.75 Å². The molecule has 142 valence electrons. The SMILES string of the molecule is O=C(COc1ccc(-c2ccccc2)cc1)c1ccc(CC(O)C(=O)O)cc1. The van der Waals surface area contributed by atoms with E-state index in [-0.39, 0.29) is 18.8 Å². The number of ether oxygens (including phenoxy) is 1. The molecule has 0 heterocycles.